The van der Waals surface area contributed by atoms with Gasteiger partial charge in [0.15, 0.2) is 0 Å². The van der Waals surface area contributed by atoms with Crippen molar-refractivity contribution in [3.8, 4) is 0 Å². The zero-order valence-corrected chi connectivity index (χ0v) is 32.2. The summed E-state index contributed by atoms with van der Waals surface area (Å²) in [6.07, 6.45) is 40.4. The van der Waals surface area contributed by atoms with Crippen LogP contribution in [0.3, 0.4) is 0 Å². The molecule has 3 atom stereocenters. The van der Waals surface area contributed by atoms with Crippen LogP contribution in [0.4, 0.5) is 0 Å². The molecule has 0 spiro atoms. The number of carbonyl (C=O) groups is 1. The molecule has 0 aliphatic rings. The first-order valence-electron chi connectivity index (χ1n) is 19.3. The van der Waals surface area contributed by atoms with Gasteiger partial charge in [-0.3, -0.25) is 13.8 Å². The van der Waals surface area contributed by atoms with Crippen LogP contribution in [0.15, 0.2) is 60.8 Å². The van der Waals surface area contributed by atoms with Crippen molar-refractivity contribution < 1.29 is 43.0 Å². The third-order valence-corrected chi connectivity index (χ3v) is 8.67. The van der Waals surface area contributed by atoms with Crippen LogP contribution in [0.1, 0.15) is 142 Å². The summed E-state index contributed by atoms with van der Waals surface area (Å²) in [7, 11) is -4.51. The van der Waals surface area contributed by atoms with Gasteiger partial charge in [0.25, 0.3) is 0 Å². The number of esters is 1. The number of hydrogen-bond donors (Lipinski definition) is 3. The molecule has 10 heteroatoms. The standard InChI is InChI=1S/C40H71O9P/c1-3-5-7-9-11-13-14-15-16-17-18-19-20-21-22-23-24-25-26-28-30-32-40(43)49-39(37-48-50(44,45)47-35-38(42)34-41)36-46-33-31-29-27-12-10-8-6-4-2/h5,7,11,13,15-16,18-19,21-22,38-39,41-42H,3-4,6,8-10,12,14,17,20,23-37H2,1-2H3,(H,44,45)/b7-5-,13-11-,16-15-,19-18-,22-21-. The first kappa shape index (κ1) is 48.2. The van der Waals surface area contributed by atoms with Gasteiger partial charge in [-0.1, -0.05) is 139 Å². The number of aliphatic hydroxyl groups excluding tert-OH is 2. The molecule has 0 rings (SSSR count). The van der Waals surface area contributed by atoms with Gasteiger partial charge in [-0.25, -0.2) is 4.57 Å². The Morgan fingerprint density at radius 2 is 1.14 bits per heavy atom. The van der Waals surface area contributed by atoms with Crippen molar-refractivity contribution in [2.75, 3.05) is 33.0 Å². The molecule has 0 saturated carbocycles. The molecular formula is C40H71O9P. The van der Waals surface area contributed by atoms with Gasteiger partial charge in [0, 0.05) is 13.0 Å². The van der Waals surface area contributed by atoms with Crippen molar-refractivity contribution in [2.45, 2.75) is 154 Å². The molecule has 290 valence electrons. The van der Waals surface area contributed by atoms with Crippen LogP contribution in [-0.4, -0.2) is 66.3 Å². The Labute approximate surface area is 304 Å². The zero-order valence-electron chi connectivity index (χ0n) is 31.3. The van der Waals surface area contributed by atoms with E-state index in [-0.39, 0.29) is 19.6 Å². The molecule has 0 saturated heterocycles. The summed E-state index contributed by atoms with van der Waals surface area (Å²) in [5.41, 5.74) is 0. The summed E-state index contributed by atoms with van der Waals surface area (Å²) in [6.45, 7) is 3.33. The van der Waals surface area contributed by atoms with Crippen LogP contribution in [0.5, 0.6) is 0 Å². The van der Waals surface area contributed by atoms with Gasteiger partial charge < -0.3 is 24.6 Å². The lowest BCUT2D eigenvalue weighted by Crippen LogP contribution is -2.29. The topological polar surface area (TPSA) is 132 Å². The van der Waals surface area contributed by atoms with Crippen LogP contribution >= 0.6 is 7.82 Å². The number of allylic oxidation sites excluding steroid dienone is 10. The summed E-state index contributed by atoms with van der Waals surface area (Å²) in [6, 6.07) is 0. The van der Waals surface area contributed by atoms with Gasteiger partial charge in [0.1, 0.15) is 12.2 Å². The second kappa shape index (κ2) is 36.9. The Bertz CT molecular complexity index is 960. The molecule has 0 aliphatic carbocycles. The van der Waals surface area contributed by atoms with Crippen molar-refractivity contribution in [3.05, 3.63) is 60.8 Å². The fourth-order valence-corrected chi connectivity index (χ4v) is 5.58. The number of carbonyl (C=O) groups excluding carboxylic acids is 1. The number of aliphatic hydroxyl groups is 2. The highest BCUT2D eigenvalue weighted by Crippen LogP contribution is 2.43. The quantitative estimate of drug-likeness (QED) is 0.0250. The van der Waals surface area contributed by atoms with E-state index in [9.17, 15) is 19.4 Å². The van der Waals surface area contributed by atoms with Gasteiger partial charge >= 0.3 is 13.8 Å². The Kier molecular flexibility index (Phi) is 35.6. The molecule has 3 N–H and O–H groups in total. The van der Waals surface area contributed by atoms with E-state index >= 15 is 0 Å². The molecule has 3 unspecified atom stereocenters. The summed E-state index contributed by atoms with van der Waals surface area (Å²) < 4.78 is 33.1. The van der Waals surface area contributed by atoms with Crippen LogP contribution < -0.4 is 0 Å². The molecule has 9 nitrogen and oxygen atoms in total. The van der Waals surface area contributed by atoms with Crippen LogP contribution in [0.2, 0.25) is 0 Å². The fraction of sp³-hybridized carbons (Fsp3) is 0.725. The molecule has 50 heavy (non-hydrogen) atoms. The first-order chi connectivity index (χ1) is 24.3. The minimum Gasteiger partial charge on any atom is -0.457 e. The minimum atomic E-state index is -4.51. The van der Waals surface area contributed by atoms with Crippen LogP contribution in [-0.2, 0) is 27.9 Å². The van der Waals surface area contributed by atoms with E-state index in [2.05, 4.69) is 74.6 Å². The summed E-state index contributed by atoms with van der Waals surface area (Å²) in [5.74, 6) is -0.405. The molecular weight excluding hydrogens is 655 g/mol. The Balaban J connectivity index is 4.20. The highest BCUT2D eigenvalue weighted by molar-refractivity contribution is 7.47. The SMILES string of the molecule is CC/C=C\C/C=C\C/C=C\C/C=C\C/C=C\CCCCCCCC(=O)OC(COCCCCCCCCCC)COP(=O)(O)OCC(O)CO. The maximum atomic E-state index is 12.5. The molecule has 0 fully saturated rings. The molecule has 0 aromatic heterocycles. The summed E-state index contributed by atoms with van der Waals surface area (Å²) >= 11 is 0. The molecule has 0 heterocycles. The Hall–Kier alpha value is -1.84. The average molecular weight is 727 g/mol. The van der Waals surface area contributed by atoms with Gasteiger partial charge in [-0.2, -0.15) is 0 Å². The Morgan fingerprint density at radius 1 is 0.640 bits per heavy atom. The second-order valence-electron chi connectivity index (χ2n) is 12.6. The van der Waals surface area contributed by atoms with Crippen molar-refractivity contribution in [2.24, 2.45) is 0 Å². The molecule has 0 radical (unpaired) electrons. The van der Waals surface area contributed by atoms with Crippen molar-refractivity contribution in [1.29, 1.82) is 0 Å². The molecule has 0 aliphatic heterocycles. The first-order valence-corrected chi connectivity index (χ1v) is 20.8. The number of unbranched alkanes of at least 4 members (excludes halogenated alkanes) is 12. The fourth-order valence-electron chi connectivity index (χ4n) is 4.79. The maximum absolute atomic E-state index is 12.5. The lowest BCUT2D eigenvalue weighted by molar-refractivity contribution is -0.154. The molecule has 0 bridgehead atoms. The van der Waals surface area contributed by atoms with E-state index in [0.29, 0.717) is 13.0 Å². The maximum Gasteiger partial charge on any atom is 0.472 e. The number of ether oxygens (including phenoxy) is 2. The van der Waals surface area contributed by atoms with Gasteiger partial charge in [0.2, 0.25) is 0 Å². The van der Waals surface area contributed by atoms with E-state index in [4.69, 9.17) is 23.6 Å². The average Bonchev–Trinajstić information content (AvgIpc) is 3.10. The van der Waals surface area contributed by atoms with E-state index in [1.54, 1.807) is 0 Å². The normalized spacial score (nSPS) is 14.9. The largest absolute Gasteiger partial charge is 0.472 e. The monoisotopic (exact) mass is 726 g/mol. The highest BCUT2D eigenvalue weighted by Gasteiger charge is 2.26. The van der Waals surface area contributed by atoms with Crippen molar-refractivity contribution in [3.63, 3.8) is 0 Å². The Morgan fingerprint density at radius 3 is 1.72 bits per heavy atom. The lowest BCUT2D eigenvalue weighted by atomic mass is 10.1. The van der Waals surface area contributed by atoms with E-state index < -0.39 is 39.2 Å². The predicted molar refractivity (Wildman–Crippen MR) is 205 cm³/mol. The number of rotatable bonds is 36. The van der Waals surface area contributed by atoms with Crippen LogP contribution in [0.25, 0.3) is 0 Å². The lowest BCUT2D eigenvalue weighted by Gasteiger charge is -2.20. The third kappa shape index (κ3) is 36.0. The third-order valence-electron chi connectivity index (χ3n) is 7.72. The summed E-state index contributed by atoms with van der Waals surface area (Å²) in [5, 5.41) is 18.3. The second-order valence-corrected chi connectivity index (χ2v) is 14.0. The minimum absolute atomic E-state index is 0.0390. The van der Waals surface area contributed by atoms with Crippen molar-refractivity contribution >= 4 is 13.8 Å². The number of phosphoric acid groups is 1. The molecule has 0 amide bonds. The van der Waals surface area contributed by atoms with Gasteiger partial charge in [0.05, 0.1) is 26.4 Å². The summed E-state index contributed by atoms with van der Waals surface area (Å²) in [4.78, 5) is 22.4. The van der Waals surface area contributed by atoms with Crippen LogP contribution in [0, 0.1) is 0 Å². The number of hydrogen-bond acceptors (Lipinski definition) is 8. The van der Waals surface area contributed by atoms with E-state index in [1.807, 2.05) is 0 Å². The smallest absolute Gasteiger partial charge is 0.457 e. The molecule has 0 aromatic carbocycles. The predicted octanol–water partition coefficient (Wildman–Crippen LogP) is 10.0. The van der Waals surface area contributed by atoms with Gasteiger partial charge in [-0.15, -0.1) is 0 Å². The highest BCUT2D eigenvalue weighted by atomic mass is 31.2. The van der Waals surface area contributed by atoms with E-state index in [0.717, 1.165) is 83.5 Å². The van der Waals surface area contributed by atoms with Crippen molar-refractivity contribution in [1.82, 2.24) is 0 Å². The zero-order chi connectivity index (χ0) is 36.8. The molecule has 0 aromatic rings. The van der Waals surface area contributed by atoms with E-state index in [1.165, 1.54) is 32.1 Å². The number of phosphoric ester groups is 1. The van der Waals surface area contributed by atoms with Gasteiger partial charge in [-0.05, 0) is 57.8 Å².